The molecular formula is C14H26BrNO4. The highest BCUT2D eigenvalue weighted by Gasteiger charge is 2.29. The fourth-order valence-corrected chi connectivity index (χ4v) is 1.35. The summed E-state index contributed by atoms with van der Waals surface area (Å²) < 4.78 is 9.68. The van der Waals surface area contributed by atoms with Crippen molar-refractivity contribution in [3.05, 3.63) is 0 Å². The third-order valence-corrected chi connectivity index (χ3v) is 2.56. The van der Waals surface area contributed by atoms with Crippen molar-refractivity contribution in [2.75, 3.05) is 0 Å². The van der Waals surface area contributed by atoms with Gasteiger partial charge in [0.2, 0.25) is 0 Å². The molecule has 1 unspecified atom stereocenters. The van der Waals surface area contributed by atoms with Crippen LogP contribution < -0.4 is 5.32 Å². The van der Waals surface area contributed by atoms with Crippen LogP contribution in [0.25, 0.3) is 0 Å². The zero-order valence-electron chi connectivity index (χ0n) is 13.2. The third-order valence-electron chi connectivity index (χ3n) is 2.23. The number of esters is 1. The van der Waals surface area contributed by atoms with E-state index in [-0.39, 0.29) is 0 Å². The average Bonchev–Trinajstić information content (AvgIpc) is 2.21. The molecule has 1 N–H and O–H groups in total. The maximum atomic E-state index is 11.8. The van der Waals surface area contributed by atoms with E-state index in [0.29, 0.717) is 6.42 Å². The molecule has 0 saturated heterocycles. The molecule has 5 nitrogen and oxygen atoms in total. The van der Waals surface area contributed by atoms with Crippen LogP contribution >= 0.6 is 15.9 Å². The Morgan fingerprint density at radius 1 is 1.20 bits per heavy atom. The van der Waals surface area contributed by atoms with Crippen molar-refractivity contribution in [3.8, 4) is 0 Å². The van der Waals surface area contributed by atoms with E-state index < -0.39 is 28.2 Å². The van der Waals surface area contributed by atoms with Gasteiger partial charge in [0.1, 0.15) is 9.93 Å². The van der Waals surface area contributed by atoms with Crippen LogP contribution in [0.4, 0.5) is 4.79 Å². The summed E-state index contributed by atoms with van der Waals surface area (Å²) in [4.78, 5) is 23.6. The standard InChI is InChI=1S/C14H26BrNO4/c1-7-8-9-10(19-11(17)14(5,6)15)16-12(18)20-13(2,3)4/h10H,7-9H2,1-6H3,(H,16,18). The van der Waals surface area contributed by atoms with Crippen LogP contribution in [0.15, 0.2) is 0 Å². The van der Waals surface area contributed by atoms with E-state index in [9.17, 15) is 9.59 Å². The largest absolute Gasteiger partial charge is 0.444 e. The number of carbonyl (C=O) groups excluding carboxylic acids is 2. The maximum Gasteiger partial charge on any atom is 0.410 e. The summed E-state index contributed by atoms with van der Waals surface area (Å²) in [6, 6.07) is 0. The number of amides is 1. The van der Waals surface area contributed by atoms with Crippen molar-refractivity contribution >= 4 is 28.0 Å². The molecule has 0 rings (SSSR count). The van der Waals surface area contributed by atoms with Crippen molar-refractivity contribution in [3.63, 3.8) is 0 Å². The zero-order valence-corrected chi connectivity index (χ0v) is 14.8. The summed E-state index contributed by atoms with van der Waals surface area (Å²) in [7, 11) is 0. The van der Waals surface area contributed by atoms with Gasteiger partial charge in [0.25, 0.3) is 0 Å². The molecule has 0 aromatic rings. The highest BCUT2D eigenvalue weighted by molar-refractivity contribution is 9.10. The van der Waals surface area contributed by atoms with Crippen LogP contribution in [0.3, 0.4) is 0 Å². The topological polar surface area (TPSA) is 64.6 Å². The minimum Gasteiger partial charge on any atom is -0.444 e. The predicted octanol–water partition coefficient (Wildman–Crippen LogP) is 3.74. The van der Waals surface area contributed by atoms with Gasteiger partial charge >= 0.3 is 12.1 Å². The molecule has 0 aliphatic carbocycles. The molecule has 0 bridgehead atoms. The molecule has 0 radical (unpaired) electrons. The number of unbranched alkanes of at least 4 members (excludes halogenated alkanes) is 1. The van der Waals surface area contributed by atoms with E-state index >= 15 is 0 Å². The quantitative estimate of drug-likeness (QED) is 0.449. The first-order valence-corrected chi connectivity index (χ1v) is 7.64. The molecule has 118 valence electrons. The fraction of sp³-hybridized carbons (Fsp3) is 0.857. The first-order chi connectivity index (χ1) is 8.95. The highest BCUT2D eigenvalue weighted by atomic mass is 79.9. The van der Waals surface area contributed by atoms with E-state index in [2.05, 4.69) is 21.2 Å². The lowest BCUT2D eigenvalue weighted by Crippen LogP contribution is -2.43. The second-order valence-electron chi connectivity index (χ2n) is 6.15. The van der Waals surface area contributed by atoms with Crippen LogP contribution in [0, 0.1) is 0 Å². The van der Waals surface area contributed by atoms with E-state index in [1.165, 1.54) is 0 Å². The number of alkyl halides is 1. The van der Waals surface area contributed by atoms with Crippen LogP contribution in [0.2, 0.25) is 0 Å². The minimum atomic E-state index is -0.785. The van der Waals surface area contributed by atoms with E-state index in [1.54, 1.807) is 34.6 Å². The molecule has 0 spiro atoms. The number of carbonyl (C=O) groups is 2. The van der Waals surface area contributed by atoms with Gasteiger partial charge in [-0.05, 0) is 41.0 Å². The van der Waals surface area contributed by atoms with Gasteiger partial charge in [-0.1, -0.05) is 29.3 Å². The lowest BCUT2D eigenvalue weighted by atomic mass is 10.2. The van der Waals surface area contributed by atoms with Crippen LogP contribution in [-0.2, 0) is 14.3 Å². The van der Waals surface area contributed by atoms with E-state index in [0.717, 1.165) is 12.8 Å². The second-order valence-corrected chi connectivity index (χ2v) is 8.14. The summed E-state index contributed by atoms with van der Waals surface area (Å²) in [6.07, 6.45) is 1.09. The molecule has 0 heterocycles. The molecule has 0 aromatic heterocycles. The summed E-state index contributed by atoms with van der Waals surface area (Å²) in [5.74, 6) is -0.422. The van der Waals surface area contributed by atoms with Gasteiger partial charge in [-0.2, -0.15) is 0 Å². The lowest BCUT2D eigenvalue weighted by molar-refractivity contribution is -0.152. The van der Waals surface area contributed by atoms with Crippen LogP contribution in [0.1, 0.15) is 60.8 Å². The van der Waals surface area contributed by atoms with Crippen LogP contribution in [-0.4, -0.2) is 28.2 Å². The van der Waals surface area contributed by atoms with E-state index in [1.807, 2.05) is 6.92 Å². The first kappa shape index (κ1) is 19.2. The molecule has 20 heavy (non-hydrogen) atoms. The number of ether oxygens (including phenoxy) is 2. The Hall–Kier alpha value is -0.780. The molecule has 0 fully saturated rings. The number of halogens is 1. The summed E-state index contributed by atoms with van der Waals surface area (Å²) >= 11 is 3.24. The van der Waals surface area contributed by atoms with Gasteiger partial charge in [-0.3, -0.25) is 10.1 Å². The Balaban J connectivity index is 4.57. The second kappa shape index (κ2) is 7.86. The Kier molecular flexibility index (Phi) is 7.55. The molecule has 0 aromatic carbocycles. The number of hydrogen-bond acceptors (Lipinski definition) is 4. The zero-order chi connectivity index (χ0) is 16.0. The molecule has 0 aliphatic rings. The molecular weight excluding hydrogens is 326 g/mol. The Bertz CT molecular complexity index is 331. The molecule has 6 heteroatoms. The molecule has 1 atom stereocenters. The van der Waals surface area contributed by atoms with E-state index in [4.69, 9.17) is 9.47 Å². The average molecular weight is 352 g/mol. The molecule has 1 amide bonds. The van der Waals surface area contributed by atoms with Gasteiger partial charge in [-0.15, -0.1) is 0 Å². The lowest BCUT2D eigenvalue weighted by Gasteiger charge is -2.25. The van der Waals surface area contributed by atoms with Crippen molar-refractivity contribution < 1.29 is 19.1 Å². The monoisotopic (exact) mass is 351 g/mol. The van der Waals surface area contributed by atoms with Gasteiger partial charge < -0.3 is 9.47 Å². The number of nitrogens with one attached hydrogen (secondary N) is 1. The van der Waals surface area contributed by atoms with Gasteiger partial charge in [0, 0.05) is 6.42 Å². The SMILES string of the molecule is CCCCC(NC(=O)OC(C)(C)C)OC(=O)C(C)(C)Br. The number of rotatable bonds is 6. The summed E-state index contributed by atoms with van der Waals surface area (Å²) in [5.41, 5.74) is -0.585. The smallest absolute Gasteiger partial charge is 0.410 e. The number of alkyl carbamates (subject to hydrolysis) is 1. The van der Waals surface area contributed by atoms with Crippen molar-refractivity contribution in [2.24, 2.45) is 0 Å². The normalized spacial score (nSPS) is 13.6. The highest BCUT2D eigenvalue weighted by Crippen LogP contribution is 2.19. The third kappa shape index (κ3) is 9.18. The number of hydrogen-bond donors (Lipinski definition) is 1. The first-order valence-electron chi connectivity index (χ1n) is 6.85. The van der Waals surface area contributed by atoms with Gasteiger partial charge in [-0.25, -0.2) is 4.79 Å². The van der Waals surface area contributed by atoms with Crippen LogP contribution in [0.5, 0.6) is 0 Å². The van der Waals surface area contributed by atoms with Crippen molar-refractivity contribution in [1.29, 1.82) is 0 Å². The predicted molar refractivity (Wildman–Crippen MR) is 81.8 cm³/mol. The van der Waals surface area contributed by atoms with Crippen molar-refractivity contribution in [1.82, 2.24) is 5.32 Å². The fourth-order valence-electron chi connectivity index (χ4n) is 1.26. The Morgan fingerprint density at radius 2 is 1.75 bits per heavy atom. The molecule has 0 aliphatic heterocycles. The Labute approximate surface area is 129 Å². The Morgan fingerprint density at radius 3 is 2.15 bits per heavy atom. The summed E-state index contributed by atoms with van der Waals surface area (Å²) in [5, 5.41) is 2.59. The summed E-state index contributed by atoms with van der Waals surface area (Å²) in [6.45, 7) is 10.8. The van der Waals surface area contributed by atoms with Gasteiger partial charge in [0.05, 0.1) is 0 Å². The molecule has 0 saturated carbocycles. The van der Waals surface area contributed by atoms with Crippen molar-refractivity contribution in [2.45, 2.75) is 77.0 Å². The maximum absolute atomic E-state index is 11.8. The van der Waals surface area contributed by atoms with Gasteiger partial charge in [0.15, 0.2) is 6.23 Å². The minimum absolute atomic E-state index is 0.422.